The fourth-order valence-electron chi connectivity index (χ4n) is 4.83. The Bertz CT molecular complexity index is 1730. The number of hydrogen-bond acceptors (Lipinski definition) is 4. The minimum Gasteiger partial charge on any atom is -0.352 e. The molecular formula is C34H34Cl3N3O4S. The molecule has 4 aromatic carbocycles. The summed E-state index contributed by atoms with van der Waals surface area (Å²) in [4.78, 5) is 29.6. The predicted octanol–water partition coefficient (Wildman–Crippen LogP) is 7.32. The van der Waals surface area contributed by atoms with Crippen molar-refractivity contribution in [3.05, 3.63) is 129 Å². The third kappa shape index (κ3) is 8.79. The van der Waals surface area contributed by atoms with Gasteiger partial charge in [-0.2, -0.15) is 0 Å². The summed E-state index contributed by atoms with van der Waals surface area (Å²) in [5, 5.41) is 3.92. The van der Waals surface area contributed by atoms with Crippen molar-refractivity contribution < 1.29 is 18.0 Å². The van der Waals surface area contributed by atoms with Gasteiger partial charge in [0.2, 0.25) is 11.8 Å². The minimum absolute atomic E-state index is 0.0414. The van der Waals surface area contributed by atoms with E-state index in [-0.39, 0.29) is 23.9 Å². The lowest BCUT2D eigenvalue weighted by molar-refractivity contribution is -0.140. The Morgan fingerprint density at radius 1 is 0.822 bits per heavy atom. The number of hydrogen-bond donors (Lipinski definition) is 1. The molecule has 0 unspecified atom stereocenters. The van der Waals surface area contributed by atoms with Crippen molar-refractivity contribution >= 4 is 62.3 Å². The average Bonchev–Trinajstić information content (AvgIpc) is 2.99. The van der Waals surface area contributed by atoms with E-state index in [1.807, 2.05) is 57.2 Å². The highest BCUT2D eigenvalue weighted by molar-refractivity contribution is 7.92. The van der Waals surface area contributed by atoms with Crippen LogP contribution in [0, 0.1) is 6.92 Å². The standard InChI is InChI=1S/C34H34Cl3N3O4S/c1-23(2)38-34(42)32(20-25-10-5-4-6-11-25)39(21-29-30(36)13-8-14-31(29)37)33(41)22-40(27-12-7-9-24(3)19-27)45(43,44)28-17-15-26(35)16-18-28/h4-19,23,32H,20-22H2,1-3H3,(H,38,42)/t32-/m1/s1. The maximum Gasteiger partial charge on any atom is 0.264 e. The highest BCUT2D eigenvalue weighted by Gasteiger charge is 2.35. The van der Waals surface area contributed by atoms with Gasteiger partial charge in [-0.1, -0.05) is 83.3 Å². The topological polar surface area (TPSA) is 86.8 Å². The first-order valence-corrected chi connectivity index (χ1v) is 16.9. The lowest BCUT2D eigenvalue weighted by Crippen LogP contribution is -2.54. The molecule has 0 heterocycles. The second-order valence-corrected chi connectivity index (χ2v) is 14.0. The van der Waals surface area contributed by atoms with Gasteiger partial charge in [0.15, 0.2) is 0 Å². The molecule has 0 aliphatic carbocycles. The zero-order valence-electron chi connectivity index (χ0n) is 25.1. The third-order valence-electron chi connectivity index (χ3n) is 7.06. The van der Waals surface area contributed by atoms with Gasteiger partial charge in [-0.05, 0) is 80.4 Å². The lowest BCUT2D eigenvalue weighted by atomic mass is 10.0. The molecule has 1 N–H and O–H groups in total. The second-order valence-electron chi connectivity index (χ2n) is 10.9. The summed E-state index contributed by atoms with van der Waals surface area (Å²) in [6.45, 7) is 4.75. The van der Waals surface area contributed by atoms with Crippen LogP contribution in [-0.2, 0) is 32.6 Å². The smallest absolute Gasteiger partial charge is 0.264 e. The number of carbonyl (C=O) groups excluding carboxylic acids is 2. The Morgan fingerprint density at radius 2 is 1.44 bits per heavy atom. The first kappa shape index (κ1) is 34.3. The van der Waals surface area contributed by atoms with Crippen molar-refractivity contribution in [3.8, 4) is 0 Å². The number of benzene rings is 4. The molecule has 45 heavy (non-hydrogen) atoms. The molecule has 0 radical (unpaired) electrons. The van der Waals surface area contributed by atoms with Gasteiger partial charge in [0.1, 0.15) is 12.6 Å². The largest absolute Gasteiger partial charge is 0.352 e. The van der Waals surface area contributed by atoms with Crippen molar-refractivity contribution in [2.24, 2.45) is 0 Å². The molecule has 0 saturated heterocycles. The molecule has 0 saturated carbocycles. The van der Waals surface area contributed by atoms with Crippen LogP contribution in [0.4, 0.5) is 5.69 Å². The van der Waals surface area contributed by atoms with E-state index in [4.69, 9.17) is 34.8 Å². The van der Waals surface area contributed by atoms with Crippen molar-refractivity contribution in [3.63, 3.8) is 0 Å². The van der Waals surface area contributed by atoms with E-state index in [9.17, 15) is 18.0 Å². The van der Waals surface area contributed by atoms with E-state index in [0.29, 0.717) is 26.3 Å². The SMILES string of the molecule is Cc1cccc(N(CC(=O)N(Cc2c(Cl)cccc2Cl)[C@H](Cc2ccccc2)C(=O)NC(C)C)S(=O)(=O)c2ccc(Cl)cc2)c1. The summed E-state index contributed by atoms with van der Waals surface area (Å²) in [5.41, 5.74) is 2.34. The molecule has 4 aromatic rings. The summed E-state index contributed by atoms with van der Waals surface area (Å²) < 4.78 is 29.3. The zero-order valence-corrected chi connectivity index (χ0v) is 28.2. The van der Waals surface area contributed by atoms with Crippen molar-refractivity contribution in [2.75, 3.05) is 10.8 Å². The van der Waals surface area contributed by atoms with Gasteiger partial charge < -0.3 is 10.2 Å². The van der Waals surface area contributed by atoms with Crippen LogP contribution >= 0.6 is 34.8 Å². The first-order chi connectivity index (χ1) is 21.4. The highest BCUT2D eigenvalue weighted by Crippen LogP contribution is 2.29. The molecule has 0 aromatic heterocycles. The van der Waals surface area contributed by atoms with Gasteiger partial charge >= 0.3 is 0 Å². The number of anilines is 1. The summed E-state index contributed by atoms with van der Waals surface area (Å²) in [5.74, 6) is -1.02. The number of nitrogens with zero attached hydrogens (tertiary/aromatic N) is 2. The number of rotatable bonds is 12. The van der Waals surface area contributed by atoms with Crippen LogP contribution in [0.25, 0.3) is 0 Å². The lowest BCUT2D eigenvalue weighted by Gasteiger charge is -2.34. The van der Waals surface area contributed by atoms with Gasteiger partial charge in [-0.15, -0.1) is 0 Å². The molecule has 0 fully saturated rings. The Labute approximate surface area is 279 Å². The molecule has 236 valence electrons. The molecule has 7 nitrogen and oxygen atoms in total. The quantitative estimate of drug-likeness (QED) is 0.169. The Hall–Kier alpha value is -3.56. The number of aryl methyl sites for hydroxylation is 1. The number of nitrogens with one attached hydrogen (secondary N) is 1. The highest BCUT2D eigenvalue weighted by atomic mass is 35.5. The maximum absolute atomic E-state index is 14.5. The maximum atomic E-state index is 14.5. The van der Waals surface area contributed by atoms with Gasteiger partial charge in [0.05, 0.1) is 10.6 Å². The minimum atomic E-state index is -4.25. The van der Waals surface area contributed by atoms with Crippen LogP contribution in [0.2, 0.25) is 15.1 Å². The van der Waals surface area contributed by atoms with Crippen LogP contribution in [0.15, 0.2) is 102 Å². The summed E-state index contributed by atoms with van der Waals surface area (Å²) in [6.07, 6.45) is 0.168. The van der Waals surface area contributed by atoms with Crippen molar-refractivity contribution in [1.29, 1.82) is 0 Å². The van der Waals surface area contributed by atoms with Crippen LogP contribution in [0.3, 0.4) is 0 Å². The second kappa shape index (κ2) is 15.1. The van der Waals surface area contributed by atoms with E-state index >= 15 is 0 Å². The van der Waals surface area contributed by atoms with Gasteiger partial charge in [0.25, 0.3) is 10.0 Å². The van der Waals surface area contributed by atoms with E-state index < -0.39 is 34.4 Å². The summed E-state index contributed by atoms with van der Waals surface area (Å²) >= 11 is 19.1. The Kier molecular flexibility index (Phi) is 11.6. The number of carbonyl (C=O) groups is 2. The van der Waals surface area contributed by atoms with Crippen LogP contribution < -0.4 is 9.62 Å². The van der Waals surface area contributed by atoms with Crippen LogP contribution in [-0.4, -0.2) is 43.8 Å². The van der Waals surface area contributed by atoms with Crippen molar-refractivity contribution in [1.82, 2.24) is 10.2 Å². The van der Waals surface area contributed by atoms with Crippen LogP contribution in [0.5, 0.6) is 0 Å². The van der Waals surface area contributed by atoms with Crippen LogP contribution in [0.1, 0.15) is 30.5 Å². The number of halogens is 3. The van der Waals surface area contributed by atoms with E-state index in [2.05, 4.69) is 5.32 Å². The normalized spacial score (nSPS) is 12.1. The van der Waals surface area contributed by atoms with Gasteiger partial charge in [-0.25, -0.2) is 8.42 Å². The zero-order chi connectivity index (χ0) is 32.7. The van der Waals surface area contributed by atoms with Crippen molar-refractivity contribution in [2.45, 2.75) is 50.7 Å². The van der Waals surface area contributed by atoms with Gasteiger partial charge in [0, 0.05) is 39.6 Å². The fraction of sp³-hybridized carbons (Fsp3) is 0.235. The molecule has 0 aliphatic rings. The molecule has 11 heteroatoms. The number of sulfonamides is 1. The molecule has 1 atom stereocenters. The Balaban J connectivity index is 1.84. The predicted molar refractivity (Wildman–Crippen MR) is 181 cm³/mol. The molecule has 0 aliphatic heterocycles. The summed E-state index contributed by atoms with van der Waals surface area (Å²) in [7, 11) is -4.25. The number of amides is 2. The summed E-state index contributed by atoms with van der Waals surface area (Å²) in [6, 6.07) is 25.6. The van der Waals surface area contributed by atoms with E-state index in [1.165, 1.54) is 29.2 Å². The van der Waals surface area contributed by atoms with Gasteiger partial charge in [-0.3, -0.25) is 13.9 Å². The molecule has 0 bridgehead atoms. The fourth-order valence-corrected chi connectivity index (χ4v) is 6.88. The Morgan fingerprint density at radius 3 is 2.04 bits per heavy atom. The van der Waals surface area contributed by atoms with E-state index in [0.717, 1.165) is 15.4 Å². The first-order valence-electron chi connectivity index (χ1n) is 14.3. The third-order valence-corrected chi connectivity index (χ3v) is 9.81. The monoisotopic (exact) mass is 685 g/mol. The molecular weight excluding hydrogens is 653 g/mol. The molecule has 0 spiro atoms. The molecule has 2 amide bonds. The van der Waals surface area contributed by atoms with E-state index in [1.54, 1.807) is 36.4 Å². The molecule has 4 rings (SSSR count). The average molecular weight is 687 g/mol.